The van der Waals surface area contributed by atoms with E-state index in [2.05, 4.69) is 6.08 Å². The fourth-order valence-corrected chi connectivity index (χ4v) is 4.25. The van der Waals surface area contributed by atoms with Crippen molar-refractivity contribution >= 4 is 5.91 Å². The number of carbonyl (C=O) groups excluding carboxylic acids is 1. The van der Waals surface area contributed by atoms with Gasteiger partial charge in [-0.3, -0.25) is 4.79 Å². The summed E-state index contributed by atoms with van der Waals surface area (Å²) in [5, 5.41) is 18.4. The highest BCUT2D eigenvalue weighted by atomic mass is 16.3. The number of nitrogens with zero attached hydrogens (tertiary/aromatic N) is 1. The van der Waals surface area contributed by atoms with Gasteiger partial charge in [-0.25, -0.2) is 0 Å². The Morgan fingerprint density at radius 2 is 1.29 bits per heavy atom. The van der Waals surface area contributed by atoms with Crippen LogP contribution in [0, 0.1) is 0 Å². The Bertz CT molecular complexity index is 475. The van der Waals surface area contributed by atoms with E-state index >= 15 is 0 Å². The highest BCUT2D eigenvalue weighted by Crippen LogP contribution is 2.14. The van der Waals surface area contributed by atoms with Crippen LogP contribution in [0.5, 0.6) is 0 Å². The van der Waals surface area contributed by atoms with Crippen LogP contribution in [-0.2, 0) is 4.79 Å². The smallest absolute Gasteiger partial charge is 0.246 e. The van der Waals surface area contributed by atoms with Crippen LogP contribution in [0.3, 0.4) is 0 Å². The number of piperidine rings is 1. The summed E-state index contributed by atoms with van der Waals surface area (Å²) in [6.07, 6.45) is 29.8. The molecule has 4 heteroatoms. The molecule has 0 bridgehead atoms. The lowest BCUT2D eigenvalue weighted by Gasteiger charge is -2.29. The molecule has 1 fully saturated rings. The third-order valence-electron chi connectivity index (χ3n) is 6.22. The van der Waals surface area contributed by atoms with E-state index in [0.29, 0.717) is 13.2 Å². The lowest BCUT2D eigenvalue weighted by atomic mass is 10.0. The molecule has 1 atom stereocenters. The van der Waals surface area contributed by atoms with Crippen molar-refractivity contribution in [2.45, 2.75) is 122 Å². The Morgan fingerprint density at radius 3 is 1.81 bits per heavy atom. The van der Waals surface area contributed by atoms with E-state index in [1.165, 1.54) is 89.9 Å². The Hall–Kier alpha value is -1.13. The predicted molar refractivity (Wildman–Crippen MR) is 131 cm³/mol. The van der Waals surface area contributed by atoms with Gasteiger partial charge < -0.3 is 15.1 Å². The summed E-state index contributed by atoms with van der Waals surface area (Å²) in [6, 6.07) is 0. The third kappa shape index (κ3) is 17.1. The molecule has 1 rings (SSSR count). The summed E-state index contributed by atoms with van der Waals surface area (Å²) in [5.74, 6) is 0.0117. The molecule has 4 nitrogen and oxygen atoms in total. The van der Waals surface area contributed by atoms with E-state index in [0.717, 1.165) is 32.2 Å². The van der Waals surface area contributed by atoms with Gasteiger partial charge in [-0.05, 0) is 32.1 Å². The van der Waals surface area contributed by atoms with Crippen molar-refractivity contribution in [3.05, 3.63) is 24.3 Å². The maximum atomic E-state index is 12.0. The zero-order chi connectivity index (χ0) is 22.4. The molecule has 31 heavy (non-hydrogen) atoms. The first kappa shape index (κ1) is 27.9. The van der Waals surface area contributed by atoms with Crippen molar-refractivity contribution < 1.29 is 15.0 Å². The summed E-state index contributed by atoms with van der Waals surface area (Å²) >= 11 is 0. The fraction of sp³-hybridized carbons (Fsp3) is 0.815. The average Bonchev–Trinajstić information content (AvgIpc) is 2.77. The first-order valence-corrected chi connectivity index (χ1v) is 13.1. The lowest BCUT2D eigenvalue weighted by Crippen LogP contribution is -2.41. The monoisotopic (exact) mass is 435 g/mol. The minimum Gasteiger partial charge on any atom is -0.396 e. The summed E-state index contributed by atoms with van der Waals surface area (Å²) in [6.45, 7) is 1.58. The summed E-state index contributed by atoms with van der Waals surface area (Å²) in [5.41, 5.74) is 0. The lowest BCUT2D eigenvalue weighted by molar-refractivity contribution is -0.128. The van der Waals surface area contributed by atoms with Gasteiger partial charge in [-0.1, -0.05) is 102 Å². The molecule has 0 radical (unpaired) electrons. The number of hydrogen-bond donors (Lipinski definition) is 2. The number of carbonyl (C=O) groups is 1. The van der Waals surface area contributed by atoms with Crippen LogP contribution in [-0.4, -0.2) is 46.8 Å². The zero-order valence-corrected chi connectivity index (χ0v) is 20.0. The van der Waals surface area contributed by atoms with Crippen LogP contribution in [0.1, 0.15) is 116 Å². The normalized spacial score (nSPS) is 17.2. The van der Waals surface area contributed by atoms with Gasteiger partial charge in [0.15, 0.2) is 0 Å². The maximum absolute atomic E-state index is 12.0. The number of unbranched alkanes of at least 4 members (excludes halogenated alkanes) is 15. The van der Waals surface area contributed by atoms with Gasteiger partial charge in [-0.2, -0.15) is 0 Å². The van der Waals surface area contributed by atoms with Crippen molar-refractivity contribution in [1.82, 2.24) is 4.90 Å². The van der Waals surface area contributed by atoms with Gasteiger partial charge in [0.1, 0.15) is 0 Å². The highest BCUT2D eigenvalue weighted by Gasteiger charge is 2.19. The van der Waals surface area contributed by atoms with E-state index in [1.54, 1.807) is 11.0 Å². The molecule has 0 aromatic carbocycles. The number of aliphatic hydroxyl groups excluding tert-OH is 2. The molecule has 1 amide bonds. The van der Waals surface area contributed by atoms with Gasteiger partial charge in [0.2, 0.25) is 5.91 Å². The Kier molecular flexibility index (Phi) is 18.7. The standard InChI is InChI=1S/C27H49NO3/c29-24-19-17-15-13-11-9-7-5-3-1-2-4-6-8-10-12-14-16-18-22-27(31)28-23-20-21-26(30)25-28/h14,16,18,22,26,29-30H,1-13,15,17,19-21,23-25H2/b16-14-,22-18-/t26-/m0/s1. The molecule has 0 aromatic heterocycles. The number of allylic oxidation sites excluding steroid dienone is 3. The number of hydrogen-bond acceptors (Lipinski definition) is 3. The summed E-state index contributed by atoms with van der Waals surface area (Å²) in [4.78, 5) is 13.8. The van der Waals surface area contributed by atoms with Gasteiger partial charge in [-0.15, -0.1) is 0 Å². The van der Waals surface area contributed by atoms with E-state index in [9.17, 15) is 9.90 Å². The number of aliphatic hydroxyl groups is 2. The first-order valence-electron chi connectivity index (χ1n) is 13.1. The molecular weight excluding hydrogens is 386 g/mol. The molecule has 1 aliphatic rings. The van der Waals surface area contributed by atoms with Gasteiger partial charge in [0, 0.05) is 25.8 Å². The van der Waals surface area contributed by atoms with Crippen LogP contribution >= 0.6 is 0 Å². The molecule has 180 valence electrons. The zero-order valence-electron chi connectivity index (χ0n) is 20.0. The second-order valence-corrected chi connectivity index (χ2v) is 9.18. The topological polar surface area (TPSA) is 60.8 Å². The minimum atomic E-state index is -0.356. The molecule has 1 heterocycles. The van der Waals surface area contributed by atoms with Crippen LogP contribution in [0.15, 0.2) is 24.3 Å². The summed E-state index contributed by atoms with van der Waals surface area (Å²) in [7, 11) is 0. The van der Waals surface area contributed by atoms with Gasteiger partial charge >= 0.3 is 0 Å². The van der Waals surface area contributed by atoms with E-state index < -0.39 is 0 Å². The minimum absolute atomic E-state index is 0.0117. The van der Waals surface area contributed by atoms with E-state index in [1.807, 2.05) is 12.2 Å². The van der Waals surface area contributed by atoms with Gasteiger partial charge in [0.25, 0.3) is 0 Å². The number of β-amino-alcohol motifs (C(OH)–C–C–N with tert-alkyl or cyclic N) is 1. The summed E-state index contributed by atoms with van der Waals surface area (Å²) < 4.78 is 0. The molecule has 1 aliphatic heterocycles. The third-order valence-corrected chi connectivity index (χ3v) is 6.22. The van der Waals surface area contributed by atoms with Crippen molar-refractivity contribution in [2.24, 2.45) is 0 Å². The van der Waals surface area contributed by atoms with Crippen LogP contribution in [0.2, 0.25) is 0 Å². The molecular formula is C27H49NO3. The Balaban J connectivity index is 1.80. The molecule has 2 N–H and O–H groups in total. The van der Waals surface area contributed by atoms with Crippen LogP contribution < -0.4 is 0 Å². The number of rotatable bonds is 19. The molecule has 0 saturated carbocycles. The molecule has 1 saturated heterocycles. The second-order valence-electron chi connectivity index (χ2n) is 9.18. The van der Waals surface area contributed by atoms with Gasteiger partial charge in [0.05, 0.1) is 6.10 Å². The van der Waals surface area contributed by atoms with Crippen molar-refractivity contribution in [2.75, 3.05) is 19.7 Å². The molecule has 0 aliphatic carbocycles. The largest absolute Gasteiger partial charge is 0.396 e. The van der Waals surface area contributed by atoms with E-state index in [-0.39, 0.29) is 12.0 Å². The predicted octanol–water partition coefficient (Wildman–Crippen LogP) is 6.32. The number of amides is 1. The van der Waals surface area contributed by atoms with Crippen molar-refractivity contribution in [3.8, 4) is 0 Å². The highest BCUT2D eigenvalue weighted by molar-refractivity contribution is 5.87. The first-order chi connectivity index (χ1) is 15.2. The Labute approximate surface area is 191 Å². The quantitative estimate of drug-likeness (QED) is 0.142. The average molecular weight is 436 g/mol. The van der Waals surface area contributed by atoms with Crippen molar-refractivity contribution in [1.29, 1.82) is 0 Å². The van der Waals surface area contributed by atoms with Crippen LogP contribution in [0.4, 0.5) is 0 Å². The fourth-order valence-electron chi connectivity index (χ4n) is 4.25. The van der Waals surface area contributed by atoms with Crippen LogP contribution in [0.25, 0.3) is 0 Å². The maximum Gasteiger partial charge on any atom is 0.246 e. The molecule has 0 spiro atoms. The Morgan fingerprint density at radius 1 is 0.774 bits per heavy atom. The van der Waals surface area contributed by atoms with Crippen molar-refractivity contribution in [3.63, 3.8) is 0 Å². The second kappa shape index (κ2) is 20.8. The molecule has 0 unspecified atom stereocenters. The van der Waals surface area contributed by atoms with E-state index in [4.69, 9.17) is 5.11 Å². The molecule has 0 aromatic rings. The SMILES string of the molecule is O=C(/C=C\C=C/CCCCCCCCCCCCCCCCCO)N1CCC[C@H](O)C1. The number of likely N-dealkylation sites (tertiary alicyclic amines) is 1.